The first-order chi connectivity index (χ1) is 6.42. The van der Waals surface area contributed by atoms with Crippen molar-refractivity contribution >= 4 is 32.4 Å². The van der Waals surface area contributed by atoms with E-state index in [1.165, 1.54) is 16.2 Å². The molecule has 0 atom stereocenters. The fraction of sp³-hybridized carbons (Fsp3) is 0.571. The molecule has 1 heterocycles. The van der Waals surface area contributed by atoms with Crippen LogP contribution in [-0.4, -0.2) is 24.2 Å². The van der Waals surface area contributed by atoms with Gasteiger partial charge in [-0.3, -0.25) is 0 Å². The summed E-state index contributed by atoms with van der Waals surface area (Å²) < 4.78 is 36.9. The summed E-state index contributed by atoms with van der Waals surface area (Å²) in [5.74, 6) is 0. The van der Waals surface area contributed by atoms with Gasteiger partial charge in [-0.1, -0.05) is 0 Å². The molecule has 2 nitrogen and oxygen atoms in total. The highest BCUT2D eigenvalue weighted by Crippen LogP contribution is 2.26. The first kappa shape index (κ1) is 11.8. The molecule has 0 unspecified atom stereocenters. The molecule has 0 N–H and O–H groups in total. The zero-order valence-electron chi connectivity index (χ0n) is 7.31. The minimum absolute atomic E-state index is 0.291. The Balaban J connectivity index is 2.72. The first-order valence-electron chi connectivity index (χ1n) is 3.85. The fourth-order valence-electron chi connectivity index (χ4n) is 0.922. The summed E-state index contributed by atoms with van der Waals surface area (Å²) in [7, 11) is 0. The van der Waals surface area contributed by atoms with Crippen molar-refractivity contribution in [1.29, 1.82) is 0 Å². The van der Waals surface area contributed by atoms with Gasteiger partial charge in [0.2, 0.25) is 0 Å². The number of aromatic nitrogens is 1. The third-order valence-corrected chi connectivity index (χ3v) is 3.10. The molecule has 0 radical (unpaired) electrons. The number of hydrogen-bond acceptors (Lipinski definition) is 3. The van der Waals surface area contributed by atoms with Crippen molar-refractivity contribution < 1.29 is 13.2 Å². The van der Waals surface area contributed by atoms with Crippen LogP contribution < -0.4 is 4.90 Å². The summed E-state index contributed by atoms with van der Waals surface area (Å²) in [5.41, 5.74) is 0. The quantitative estimate of drug-likeness (QED) is 0.848. The van der Waals surface area contributed by atoms with Gasteiger partial charge in [0.15, 0.2) is 5.13 Å². The number of halogens is 4. The van der Waals surface area contributed by atoms with Crippen LogP contribution in [0.1, 0.15) is 6.92 Å². The molecule has 1 aromatic heterocycles. The number of rotatable bonds is 3. The highest BCUT2D eigenvalue weighted by atomic mass is 79.9. The van der Waals surface area contributed by atoms with Gasteiger partial charge in [-0.15, -0.1) is 11.3 Å². The average Bonchev–Trinajstić information content (AvgIpc) is 2.46. The Morgan fingerprint density at radius 3 is 2.57 bits per heavy atom. The Labute approximate surface area is 91.9 Å². The van der Waals surface area contributed by atoms with E-state index in [9.17, 15) is 13.2 Å². The molecule has 80 valence electrons. The number of nitrogens with zero attached hydrogens (tertiary/aromatic N) is 2. The van der Waals surface area contributed by atoms with Crippen LogP contribution in [0.25, 0.3) is 0 Å². The lowest BCUT2D eigenvalue weighted by molar-refractivity contribution is -0.119. The summed E-state index contributed by atoms with van der Waals surface area (Å²) in [4.78, 5) is 5.12. The van der Waals surface area contributed by atoms with E-state index in [1.807, 2.05) is 0 Å². The summed E-state index contributed by atoms with van der Waals surface area (Å²) in [5, 5.41) is 2.05. The van der Waals surface area contributed by atoms with E-state index in [-0.39, 0.29) is 0 Å². The molecule has 0 saturated carbocycles. The van der Waals surface area contributed by atoms with Gasteiger partial charge in [0.1, 0.15) is 11.1 Å². The van der Waals surface area contributed by atoms with Gasteiger partial charge in [0.05, 0.1) is 0 Å². The van der Waals surface area contributed by atoms with Crippen LogP contribution in [0.2, 0.25) is 0 Å². The lowest BCUT2D eigenvalue weighted by atomic mass is 10.5. The molecule has 0 aliphatic carbocycles. The maximum absolute atomic E-state index is 12.1. The molecule has 1 rings (SSSR count). The van der Waals surface area contributed by atoms with E-state index in [2.05, 4.69) is 20.9 Å². The first-order valence-corrected chi connectivity index (χ1v) is 5.52. The second-order valence-corrected chi connectivity index (χ2v) is 4.23. The lowest BCUT2D eigenvalue weighted by Crippen LogP contribution is -2.33. The summed E-state index contributed by atoms with van der Waals surface area (Å²) in [6, 6.07) is 0. The predicted molar refractivity (Wildman–Crippen MR) is 53.8 cm³/mol. The lowest BCUT2D eigenvalue weighted by Gasteiger charge is -2.20. The van der Waals surface area contributed by atoms with Crippen LogP contribution in [0.3, 0.4) is 0 Å². The molecular weight excluding hydrogens is 281 g/mol. The molecule has 1 aromatic rings. The van der Waals surface area contributed by atoms with Crippen LogP contribution in [0.4, 0.5) is 18.3 Å². The second kappa shape index (κ2) is 4.48. The molecule has 0 amide bonds. The maximum Gasteiger partial charge on any atom is 0.406 e. The van der Waals surface area contributed by atoms with Crippen LogP contribution in [0.15, 0.2) is 9.98 Å². The van der Waals surface area contributed by atoms with E-state index in [4.69, 9.17) is 0 Å². The number of anilines is 1. The molecule has 14 heavy (non-hydrogen) atoms. The number of hydrogen-bond donors (Lipinski definition) is 0. The molecule has 7 heteroatoms. The highest BCUT2D eigenvalue weighted by molar-refractivity contribution is 9.10. The minimum Gasteiger partial charge on any atom is -0.339 e. The molecule has 0 saturated heterocycles. The van der Waals surface area contributed by atoms with Crippen LogP contribution in [0.5, 0.6) is 0 Å². The summed E-state index contributed by atoms with van der Waals surface area (Å²) in [6.45, 7) is 1.00. The Morgan fingerprint density at radius 1 is 1.57 bits per heavy atom. The smallest absolute Gasteiger partial charge is 0.339 e. The zero-order valence-corrected chi connectivity index (χ0v) is 9.71. The van der Waals surface area contributed by atoms with Crippen molar-refractivity contribution in [3.05, 3.63) is 9.98 Å². The molecule has 0 aliphatic rings. The van der Waals surface area contributed by atoms with E-state index in [0.29, 0.717) is 16.3 Å². The van der Waals surface area contributed by atoms with Gasteiger partial charge in [-0.2, -0.15) is 13.2 Å². The zero-order chi connectivity index (χ0) is 10.8. The molecule has 0 spiro atoms. The topological polar surface area (TPSA) is 16.1 Å². The van der Waals surface area contributed by atoms with E-state index >= 15 is 0 Å². The van der Waals surface area contributed by atoms with Gasteiger partial charge in [-0.05, 0) is 22.9 Å². The van der Waals surface area contributed by atoms with Crippen molar-refractivity contribution in [3.63, 3.8) is 0 Å². The minimum atomic E-state index is -4.19. The van der Waals surface area contributed by atoms with E-state index in [1.54, 1.807) is 12.3 Å². The Morgan fingerprint density at radius 2 is 2.21 bits per heavy atom. The van der Waals surface area contributed by atoms with Crippen molar-refractivity contribution in [2.75, 3.05) is 18.0 Å². The number of alkyl halides is 3. The molecule has 0 aromatic carbocycles. The summed E-state index contributed by atoms with van der Waals surface area (Å²) in [6.07, 6.45) is -4.19. The maximum atomic E-state index is 12.1. The Bertz CT molecular complexity index is 299. The Hall–Kier alpha value is -0.300. The summed E-state index contributed by atoms with van der Waals surface area (Å²) >= 11 is 4.29. The van der Waals surface area contributed by atoms with Gasteiger partial charge in [-0.25, -0.2) is 4.98 Å². The molecule has 0 bridgehead atoms. The van der Waals surface area contributed by atoms with Crippen LogP contribution in [-0.2, 0) is 0 Å². The van der Waals surface area contributed by atoms with Crippen molar-refractivity contribution in [3.8, 4) is 0 Å². The SMILES string of the molecule is CCN(CC(F)(F)F)c1nc(Br)cs1. The highest BCUT2D eigenvalue weighted by Gasteiger charge is 2.31. The van der Waals surface area contributed by atoms with Crippen LogP contribution >= 0.6 is 27.3 Å². The van der Waals surface area contributed by atoms with Gasteiger partial charge < -0.3 is 4.90 Å². The van der Waals surface area contributed by atoms with Crippen LogP contribution in [0, 0.1) is 0 Å². The predicted octanol–water partition coefficient (Wildman–Crippen LogP) is 3.29. The van der Waals surface area contributed by atoms with E-state index < -0.39 is 12.7 Å². The fourth-order valence-corrected chi connectivity index (χ4v) is 2.24. The molecule has 0 fully saturated rings. The van der Waals surface area contributed by atoms with Gasteiger partial charge in [0, 0.05) is 11.9 Å². The standard InChI is InChI=1S/C7H8BrF3N2S/c1-2-13(4-7(9,10)11)6-12-5(8)3-14-6/h3H,2,4H2,1H3. The number of thiazole rings is 1. The molecule has 0 aliphatic heterocycles. The normalized spacial score (nSPS) is 11.8. The third-order valence-electron chi connectivity index (χ3n) is 1.49. The van der Waals surface area contributed by atoms with Gasteiger partial charge in [0.25, 0.3) is 0 Å². The van der Waals surface area contributed by atoms with Crippen molar-refractivity contribution in [2.24, 2.45) is 0 Å². The molecular formula is C7H8BrF3N2S. The third kappa shape index (κ3) is 3.45. The second-order valence-electron chi connectivity index (χ2n) is 2.58. The van der Waals surface area contributed by atoms with Crippen molar-refractivity contribution in [2.45, 2.75) is 13.1 Å². The monoisotopic (exact) mass is 288 g/mol. The largest absolute Gasteiger partial charge is 0.406 e. The van der Waals surface area contributed by atoms with E-state index in [0.717, 1.165) is 0 Å². The Kier molecular flexibility index (Phi) is 3.77. The van der Waals surface area contributed by atoms with Crippen molar-refractivity contribution in [1.82, 2.24) is 4.98 Å². The average molecular weight is 289 g/mol. The van der Waals surface area contributed by atoms with Gasteiger partial charge >= 0.3 is 6.18 Å².